The summed E-state index contributed by atoms with van der Waals surface area (Å²) in [6.45, 7) is 0. The third-order valence-electron chi connectivity index (χ3n) is 2.34. The summed E-state index contributed by atoms with van der Waals surface area (Å²) in [7, 11) is 0. The Kier molecular flexibility index (Phi) is 4.84. The van der Waals surface area contributed by atoms with E-state index >= 15 is 0 Å². The summed E-state index contributed by atoms with van der Waals surface area (Å²) in [5.74, 6) is -0.248. The second-order valence-corrected chi connectivity index (χ2v) is 3.81. The van der Waals surface area contributed by atoms with Crippen LogP contribution in [-0.4, -0.2) is 11.9 Å². The molecule has 1 atom stereocenters. The average Bonchev–Trinajstić information content (AvgIpc) is 2.18. The first-order chi connectivity index (χ1) is 7.18. The fourth-order valence-electron chi connectivity index (χ4n) is 1.56. The summed E-state index contributed by atoms with van der Waals surface area (Å²) < 4.78 is 0. The highest BCUT2D eigenvalue weighted by molar-refractivity contribution is 5.73. The van der Waals surface area contributed by atoms with Crippen molar-refractivity contribution in [2.45, 2.75) is 31.7 Å². The number of rotatable bonds is 6. The van der Waals surface area contributed by atoms with Gasteiger partial charge in [0.25, 0.3) is 0 Å². The van der Waals surface area contributed by atoms with E-state index in [9.17, 15) is 4.79 Å². The van der Waals surface area contributed by atoms with Gasteiger partial charge in [0, 0.05) is 12.5 Å². The molecule has 82 valence electrons. The van der Waals surface area contributed by atoms with E-state index in [-0.39, 0.29) is 11.9 Å². The highest BCUT2D eigenvalue weighted by Crippen LogP contribution is 2.06. The zero-order valence-corrected chi connectivity index (χ0v) is 8.86. The van der Waals surface area contributed by atoms with Crippen molar-refractivity contribution in [3.63, 3.8) is 0 Å². The van der Waals surface area contributed by atoms with Crippen LogP contribution in [0, 0.1) is 0 Å². The number of hydrogen-bond donors (Lipinski definition) is 2. The van der Waals surface area contributed by atoms with E-state index in [2.05, 4.69) is 12.1 Å². The fourth-order valence-corrected chi connectivity index (χ4v) is 1.56. The lowest BCUT2D eigenvalue weighted by atomic mass is 10.0. The van der Waals surface area contributed by atoms with Crippen LogP contribution in [0.5, 0.6) is 0 Å². The number of primary amides is 1. The molecule has 0 heterocycles. The molecule has 0 aliphatic rings. The van der Waals surface area contributed by atoms with Gasteiger partial charge in [-0.05, 0) is 24.8 Å². The van der Waals surface area contributed by atoms with Gasteiger partial charge in [0.2, 0.25) is 5.91 Å². The van der Waals surface area contributed by atoms with Crippen LogP contribution >= 0.6 is 0 Å². The molecule has 0 aromatic heterocycles. The Bertz CT molecular complexity index is 298. The van der Waals surface area contributed by atoms with Crippen LogP contribution < -0.4 is 11.5 Å². The van der Waals surface area contributed by atoms with Crippen molar-refractivity contribution in [2.75, 3.05) is 0 Å². The van der Waals surface area contributed by atoms with Gasteiger partial charge in [-0.1, -0.05) is 30.3 Å². The quantitative estimate of drug-likeness (QED) is 0.734. The van der Waals surface area contributed by atoms with Gasteiger partial charge in [-0.15, -0.1) is 0 Å². The van der Waals surface area contributed by atoms with Crippen LogP contribution in [0.15, 0.2) is 30.3 Å². The summed E-state index contributed by atoms with van der Waals surface area (Å²) in [5, 5.41) is 0. The zero-order valence-electron chi connectivity index (χ0n) is 8.86. The Balaban J connectivity index is 2.24. The Morgan fingerprint density at radius 3 is 2.53 bits per heavy atom. The summed E-state index contributed by atoms with van der Waals surface area (Å²) in [5.41, 5.74) is 12.2. The van der Waals surface area contributed by atoms with E-state index in [1.807, 2.05) is 18.2 Å². The van der Waals surface area contributed by atoms with Crippen molar-refractivity contribution >= 4 is 5.91 Å². The standard InChI is InChI=1S/C12H18N2O/c13-11(7-4-8-12(14)15)9-10-5-2-1-3-6-10/h1-3,5-6,11H,4,7-9,13H2,(H2,14,15). The van der Waals surface area contributed by atoms with Gasteiger partial charge in [-0.25, -0.2) is 0 Å². The largest absolute Gasteiger partial charge is 0.370 e. The number of carbonyl (C=O) groups excluding carboxylic acids is 1. The molecule has 0 saturated heterocycles. The predicted molar refractivity (Wildman–Crippen MR) is 61.2 cm³/mol. The molecule has 1 aromatic carbocycles. The Hall–Kier alpha value is -1.35. The molecule has 1 amide bonds. The number of nitrogens with two attached hydrogens (primary N) is 2. The van der Waals surface area contributed by atoms with Gasteiger partial charge in [-0.3, -0.25) is 4.79 Å². The Morgan fingerprint density at radius 1 is 1.27 bits per heavy atom. The third kappa shape index (κ3) is 5.18. The smallest absolute Gasteiger partial charge is 0.217 e. The minimum atomic E-state index is -0.248. The molecule has 3 nitrogen and oxygen atoms in total. The van der Waals surface area contributed by atoms with Crippen LogP contribution in [0.25, 0.3) is 0 Å². The lowest BCUT2D eigenvalue weighted by Gasteiger charge is -2.10. The van der Waals surface area contributed by atoms with Crippen molar-refractivity contribution in [3.8, 4) is 0 Å². The topological polar surface area (TPSA) is 69.1 Å². The van der Waals surface area contributed by atoms with Crippen molar-refractivity contribution < 1.29 is 4.79 Å². The van der Waals surface area contributed by atoms with E-state index in [0.29, 0.717) is 6.42 Å². The third-order valence-corrected chi connectivity index (χ3v) is 2.34. The first-order valence-corrected chi connectivity index (χ1v) is 5.26. The van der Waals surface area contributed by atoms with Crippen LogP contribution in [0.3, 0.4) is 0 Å². The van der Waals surface area contributed by atoms with Gasteiger partial charge >= 0.3 is 0 Å². The Labute approximate surface area is 90.5 Å². The van der Waals surface area contributed by atoms with Crippen molar-refractivity contribution in [1.29, 1.82) is 0 Å². The van der Waals surface area contributed by atoms with Gasteiger partial charge in [-0.2, -0.15) is 0 Å². The molecule has 0 aliphatic carbocycles. The Morgan fingerprint density at radius 2 is 1.93 bits per heavy atom. The summed E-state index contributed by atoms with van der Waals surface area (Å²) in [6, 6.07) is 10.2. The molecule has 0 spiro atoms. The molecule has 0 fully saturated rings. The van der Waals surface area contributed by atoms with E-state index in [1.54, 1.807) is 0 Å². The molecule has 0 bridgehead atoms. The molecule has 15 heavy (non-hydrogen) atoms. The van der Waals surface area contributed by atoms with Gasteiger partial charge in [0.05, 0.1) is 0 Å². The van der Waals surface area contributed by atoms with E-state index < -0.39 is 0 Å². The molecular formula is C12H18N2O. The molecule has 0 radical (unpaired) electrons. The first-order valence-electron chi connectivity index (χ1n) is 5.26. The van der Waals surface area contributed by atoms with E-state index in [4.69, 9.17) is 11.5 Å². The SMILES string of the molecule is NC(=O)CCCC(N)Cc1ccccc1. The molecule has 3 heteroatoms. The monoisotopic (exact) mass is 206 g/mol. The zero-order chi connectivity index (χ0) is 11.1. The maximum absolute atomic E-state index is 10.5. The van der Waals surface area contributed by atoms with Gasteiger partial charge in [0.15, 0.2) is 0 Å². The minimum Gasteiger partial charge on any atom is -0.370 e. The molecular weight excluding hydrogens is 188 g/mol. The number of benzene rings is 1. The lowest BCUT2D eigenvalue weighted by Crippen LogP contribution is -2.23. The number of amides is 1. The van der Waals surface area contributed by atoms with Crippen LogP contribution in [0.2, 0.25) is 0 Å². The lowest BCUT2D eigenvalue weighted by molar-refractivity contribution is -0.118. The first kappa shape index (κ1) is 11.7. The highest BCUT2D eigenvalue weighted by atomic mass is 16.1. The average molecular weight is 206 g/mol. The van der Waals surface area contributed by atoms with Crippen LogP contribution in [-0.2, 0) is 11.2 Å². The maximum Gasteiger partial charge on any atom is 0.217 e. The normalized spacial score (nSPS) is 12.3. The van der Waals surface area contributed by atoms with Crippen molar-refractivity contribution in [3.05, 3.63) is 35.9 Å². The van der Waals surface area contributed by atoms with E-state index in [0.717, 1.165) is 19.3 Å². The summed E-state index contributed by atoms with van der Waals surface area (Å²) >= 11 is 0. The van der Waals surface area contributed by atoms with Gasteiger partial charge in [0.1, 0.15) is 0 Å². The minimum absolute atomic E-state index is 0.117. The number of carbonyl (C=O) groups is 1. The number of hydrogen-bond acceptors (Lipinski definition) is 2. The maximum atomic E-state index is 10.5. The van der Waals surface area contributed by atoms with E-state index in [1.165, 1.54) is 5.56 Å². The molecule has 1 rings (SSSR count). The molecule has 1 unspecified atom stereocenters. The summed E-state index contributed by atoms with van der Waals surface area (Å²) in [4.78, 5) is 10.5. The predicted octanol–water partition coefficient (Wildman–Crippen LogP) is 1.21. The molecule has 0 aliphatic heterocycles. The second kappa shape index (κ2) is 6.19. The van der Waals surface area contributed by atoms with Crippen molar-refractivity contribution in [1.82, 2.24) is 0 Å². The van der Waals surface area contributed by atoms with Crippen LogP contribution in [0.1, 0.15) is 24.8 Å². The van der Waals surface area contributed by atoms with Gasteiger partial charge < -0.3 is 11.5 Å². The molecule has 0 saturated carbocycles. The highest BCUT2D eigenvalue weighted by Gasteiger charge is 2.04. The van der Waals surface area contributed by atoms with Crippen LogP contribution in [0.4, 0.5) is 0 Å². The molecule has 4 N–H and O–H groups in total. The fraction of sp³-hybridized carbons (Fsp3) is 0.417. The second-order valence-electron chi connectivity index (χ2n) is 3.81. The van der Waals surface area contributed by atoms with Crippen molar-refractivity contribution in [2.24, 2.45) is 11.5 Å². The molecule has 1 aromatic rings. The summed E-state index contributed by atoms with van der Waals surface area (Å²) in [6.07, 6.45) is 2.92.